The highest BCUT2D eigenvalue weighted by molar-refractivity contribution is 8.07. The molecule has 0 spiro atoms. The van der Waals surface area contributed by atoms with Crippen LogP contribution in [0.15, 0.2) is 24.3 Å². The lowest BCUT2D eigenvalue weighted by Gasteiger charge is -2.21. The largest absolute Gasteiger partial charge is 0.424 e. The van der Waals surface area contributed by atoms with Gasteiger partial charge < -0.3 is 9.84 Å². The molecule has 0 unspecified atom stereocenters. The molecular weight excluding hydrogens is 309 g/mol. The van der Waals surface area contributed by atoms with Crippen LogP contribution in [0.3, 0.4) is 0 Å². The number of hydrogen-bond donors (Lipinski definition) is 1. The molecule has 0 saturated heterocycles. The molecule has 1 rings (SSSR count). The molecule has 0 heterocycles. The standard InChI is InChI=1S/C14H22NO4PS/c1-5-17-20(21,18-6-2)19-13-9-7-12(8-10-13)14(16)15-11(3)4/h7-11H,5-6H2,1-4H3,(H,15,16). The van der Waals surface area contributed by atoms with Gasteiger partial charge >= 0.3 is 6.72 Å². The van der Waals surface area contributed by atoms with Gasteiger partial charge in [-0.05, 0) is 52.0 Å². The molecule has 0 aliphatic heterocycles. The van der Waals surface area contributed by atoms with Gasteiger partial charge in [0.15, 0.2) is 0 Å². The molecule has 0 aliphatic rings. The molecule has 0 atom stereocenters. The minimum absolute atomic E-state index is 0.0931. The summed E-state index contributed by atoms with van der Waals surface area (Å²) in [6.07, 6.45) is 0. The van der Waals surface area contributed by atoms with E-state index in [1.54, 1.807) is 24.3 Å². The Morgan fingerprint density at radius 1 is 1.19 bits per heavy atom. The number of benzene rings is 1. The summed E-state index contributed by atoms with van der Waals surface area (Å²) in [5, 5.41) is 2.82. The molecule has 118 valence electrons. The van der Waals surface area contributed by atoms with Crippen LogP contribution in [0.5, 0.6) is 5.75 Å². The van der Waals surface area contributed by atoms with Gasteiger partial charge in [-0.3, -0.25) is 13.8 Å². The number of carbonyl (C=O) groups excluding carboxylic acids is 1. The second-order valence-electron chi connectivity index (χ2n) is 4.53. The number of rotatable bonds is 8. The number of hydrogen-bond acceptors (Lipinski definition) is 5. The summed E-state index contributed by atoms with van der Waals surface area (Å²) < 4.78 is 16.5. The highest BCUT2D eigenvalue weighted by Crippen LogP contribution is 2.49. The summed E-state index contributed by atoms with van der Waals surface area (Å²) in [5.74, 6) is 0.409. The molecule has 7 heteroatoms. The quantitative estimate of drug-likeness (QED) is 0.739. The van der Waals surface area contributed by atoms with E-state index in [2.05, 4.69) is 5.32 Å². The van der Waals surface area contributed by atoms with Crippen molar-refractivity contribution in [2.45, 2.75) is 33.7 Å². The van der Waals surface area contributed by atoms with Gasteiger partial charge in [0, 0.05) is 23.4 Å². The van der Waals surface area contributed by atoms with E-state index in [0.29, 0.717) is 24.5 Å². The third-order valence-corrected chi connectivity index (χ3v) is 4.77. The van der Waals surface area contributed by atoms with Crippen LogP contribution in [0.4, 0.5) is 0 Å². The van der Waals surface area contributed by atoms with Crippen LogP contribution >= 0.6 is 6.72 Å². The molecule has 0 fully saturated rings. The van der Waals surface area contributed by atoms with Crippen molar-refractivity contribution in [1.29, 1.82) is 0 Å². The van der Waals surface area contributed by atoms with Crippen molar-refractivity contribution >= 4 is 24.4 Å². The van der Waals surface area contributed by atoms with Crippen LogP contribution in [0.2, 0.25) is 0 Å². The lowest BCUT2D eigenvalue weighted by Crippen LogP contribution is -2.29. The maximum Gasteiger partial charge on any atom is 0.380 e. The SMILES string of the molecule is CCOP(=S)(OCC)Oc1ccc(C(=O)NC(C)C)cc1. The topological polar surface area (TPSA) is 56.8 Å². The molecule has 1 amide bonds. The molecule has 0 aliphatic carbocycles. The highest BCUT2D eigenvalue weighted by Gasteiger charge is 2.21. The summed E-state index contributed by atoms with van der Waals surface area (Å²) >= 11 is 5.29. The first-order valence-corrected chi connectivity index (χ1v) is 9.45. The lowest BCUT2D eigenvalue weighted by atomic mass is 10.2. The minimum Gasteiger partial charge on any atom is -0.424 e. The van der Waals surface area contributed by atoms with Gasteiger partial charge in [-0.25, -0.2) is 0 Å². The average molecular weight is 331 g/mol. The Hall–Kier alpha value is -0.940. The van der Waals surface area contributed by atoms with E-state index in [0.717, 1.165) is 0 Å². The molecule has 0 aromatic heterocycles. The van der Waals surface area contributed by atoms with Crippen molar-refractivity contribution in [3.8, 4) is 5.75 Å². The zero-order valence-corrected chi connectivity index (χ0v) is 14.5. The Morgan fingerprint density at radius 2 is 1.71 bits per heavy atom. The molecule has 0 bridgehead atoms. The van der Waals surface area contributed by atoms with E-state index in [1.165, 1.54) is 0 Å². The van der Waals surface area contributed by atoms with E-state index in [4.69, 9.17) is 25.4 Å². The van der Waals surface area contributed by atoms with E-state index >= 15 is 0 Å². The smallest absolute Gasteiger partial charge is 0.380 e. The lowest BCUT2D eigenvalue weighted by molar-refractivity contribution is 0.0943. The van der Waals surface area contributed by atoms with Crippen molar-refractivity contribution in [1.82, 2.24) is 5.32 Å². The normalized spacial score (nSPS) is 11.5. The Balaban J connectivity index is 2.77. The van der Waals surface area contributed by atoms with Gasteiger partial charge in [0.1, 0.15) is 5.75 Å². The molecule has 21 heavy (non-hydrogen) atoms. The van der Waals surface area contributed by atoms with Crippen LogP contribution in [0.25, 0.3) is 0 Å². The van der Waals surface area contributed by atoms with Gasteiger partial charge in [-0.2, -0.15) is 0 Å². The van der Waals surface area contributed by atoms with Crippen LogP contribution in [0, 0.1) is 0 Å². The molecule has 1 aromatic rings. The fraction of sp³-hybridized carbons (Fsp3) is 0.500. The molecule has 0 saturated carbocycles. The van der Waals surface area contributed by atoms with E-state index in [1.807, 2.05) is 27.7 Å². The predicted molar refractivity (Wildman–Crippen MR) is 87.2 cm³/mol. The first-order valence-electron chi connectivity index (χ1n) is 6.89. The third kappa shape index (κ3) is 6.14. The van der Waals surface area contributed by atoms with Crippen molar-refractivity contribution in [3.63, 3.8) is 0 Å². The van der Waals surface area contributed by atoms with Gasteiger partial charge in [0.25, 0.3) is 5.91 Å². The maximum atomic E-state index is 11.8. The van der Waals surface area contributed by atoms with Crippen LogP contribution < -0.4 is 9.84 Å². The fourth-order valence-corrected chi connectivity index (χ4v) is 3.63. The van der Waals surface area contributed by atoms with E-state index in [9.17, 15) is 4.79 Å². The first-order chi connectivity index (χ1) is 9.90. The fourth-order valence-electron chi connectivity index (χ4n) is 1.55. The zero-order valence-electron chi connectivity index (χ0n) is 12.8. The summed E-state index contributed by atoms with van der Waals surface area (Å²) in [5.41, 5.74) is 0.567. The number of amides is 1. The van der Waals surface area contributed by atoms with Crippen LogP contribution in [0.1, 0.15) is 38.1 Å². The van der Waals surface area contributed by atoms with Crippen LogP contribution in [-0.4, -0.2) is 25.2 Å². The Bertz CT molecular complexity index is 494. The summed E-state index contributed by atoms with van der Waals surface area (Å²) in [6, 6.07) is 6.84. The van der Waals surface area contributed by atoms with E-state index in [-0.39, 0.29) is 11.9 Å². The Labute approximate surface area is 131 Å². The van der Waals surface area contributed by atoms with Crippen molar-refractivity contribution in [2.75, 3.05) is 13.2 Å². The van der Waals surface area contributed by atoms with Crippen LogP contribution in [-0.2, 0) is 20.9 Å². The Morgan fingerprint density at radius 3 is 2.14 bits per heavy atom. The summed E-state index contributed by atoms with van der Waals surface area (Å²) in [4.78, 5) is 11.8. The molecule has 0 radical (unpaired) electrons. The van der Waals surface area contributed by atoms with Crippen molar-refractivity contribution in [2.24, 2.45) is 0 Å². The average Bonchev–Trinajstić information content (AvgIpc) is 2.39. The summed E-state index contributed by atoms with van der Waals surface area (Å²) in [6.45, 7) is 5.57. The number of nitrogens with one attached hydrogen (secondary N) is 1. The van der Waals surface area contributed by atoms with E-state index < -0.39 is 6.72 Å². The van der Waals surface area contributed by atoms with Gasteiger partial charge in [0.05, 0.1) is 13.2 Å². The summed E-state index contributed by atoms with van der Waals surface area (Å²) in [7, 11) is 0. The minimum atomic E-state index is -2.77. The second kappa shape index (κ2) is 8.49. The zero-order chi connectivity index (χ0) is 15.9. The third-order valence-electron chi connectivity index (χ3n) is 2.33. The predicted octanol–water partition coefficient (Wildman–Crippen LogP) is 3.50. The molecule has 5 nitrogen and oxygen atoms in total. The molecule has 1 N–H and O–H groups in total. The monoisotopic (exact) mass is 331 g/mol. The second-order valence-corrected chi connectivity index (χ2v) is 7.46. The van der Waals surface area contributed by atoms with Gasteiger partial charge in [-0.1, -0.05) is 0 Å². The highest BCUT2D eigenvalue weighted by atomic mass is 32.5. The molecular formula is C14H22NO4PS. The van der Waals surface area contributed by atoms with Crippen molar-refractivity contribution in [3.05, 3.63) is 29.8 Å². The Kier molecular flexibility index (Phi) is 7.32. The van der Waals surface area contributed by atoms with Gasteiger partial charge in [-0.15, -0.1) is 0 Å². The first kappa shape index (κ1) is 18.1. The van der Waals surface area contributed by atoms with Gasteiger partial charge in [0.2, 0.25) is 0 Å². The maximum absolute atomic E-state index is 11.8. The van der Waals surface area contributed by atoms with Crippen molar-refractivity contribution < 1.29 is 18.4 Å². The number of carbonyl (C=O) groups is 1. The molecule has 1 aromatic carbocycles.